The highest BCUT2D eigenvalue weighted by Gasteiger charge is 2.33. The number of hydrogen-bond donors (Lipinski definition) is 1. The Morgan fingerprint density at radius 2 is 2.04 bits per heavy atom. The van der Waals surface area contributed by atoms with Gasteiger partial charge in [-0.15, -0.1) is 0 Å². The molecule has 128 valence electrons. The van der Waals surface area contributed by atoms with E-state index >= 15 is 0 Å². The van der Waals surface area contributed by atoms with Crippen molar-refractivity contribution < 1.29 is 14.7 Å². The quantitative estimate of drug-likeness (QED) is 0.656. The van der Waals surface area contributed by atoms with Crippen molar-refractivity contribution in [3.63, 3.8) is 0 Å². The molecule has 1 aliphatic rings. The van der Waals surface area contributed by atoms with Crippen LogP contribution in [-0.2, 0) is 9.59 Å². The standard InChI is InChI=1S/C17H15N3O3S2/c1-10-7-12(11(2)20(10)13-3-5-18-6-4-13)8-14-16(23)19(9-15(21)22)17(24)25-14/h3-8H,9H2,1-2H3,(H,21,22). The van der Waals surface area contributed by atoms with Crippen LogP contribution in [0.4, 0.5) is 0 Å². The molecule has 1 N–H and O–H groups in total. The zero-order chi connectivity index (χ0) is 18.1. The molecule has 0 saturated carbocycles. The van der Waals surface area contributed by atoms with Gasteiger partial charge in [-0.1, -0.05) is 24.0 Å². The second-order valence-corrected chi connectivity index (χ2v) is 7.20. The van der Waals surface area contributed by atoms with E-state index in [1.165, 1.54) is 0 Å². The lowest BCUT2D eigenvalue weighted by Crippen LogP contribution is -2.33. The van der Waals surface area contributed by atoms with E-state index in [0.29, 0.717) is 4.91 Å². The van der Waals surface area contributed by atoms with Crippen molar-refractivity contribution in [1.29, 1.82) is 0 Å². The van der Waals surface area contributed by atoms with Crippen LogP contribution in [0, 0.1) is 13.8 Å². The number of hydrogen-bond acceptors (Lipinski definition) is 5. The lowest BCUT2D eigenvalue weighted by Gasteiger charge is -2.10. The molecule has 8 heteroatoms. The van der Waals surface area contributed by atoms with Crippen molar-refractivity contribution in [1.82, 2.24) is 14.5 Å². The van der Waals surface area contributed by atoms with Gasteiger partial charge in [-0.3, -0.25) is 19.5 Å². The molecule has 0 spiro atoms. The number of thioether (sulfide) groups is 1. The molecule has 3 rings (SSSR count). The number of carboxylic acids is 1. The Bertz CT molecular complexity index is 903. The minimum atomic E-state index is -1.09. The minimum Gasteiger partial charge on any atom is -0.480 e. The van der Waals surface area contributed by atoms with Crippen LogP contribution in [0.2, 0.25) is 0 Å². The fraction of sp³-hybridized carbons (Fsp3) is 0.176. The van der Waals surface area contributed by atoms with Gasteiger partial charge in [-0.2, -0.15) is 0 Å². The topological polar surface area (TPSA) is 75.4 Å². The molecule has 1 aliphatic heterocycles. The first kappa shape index (κ1) is 17.4. The monoisotopic (exact) mass is 373 g/mol. The summed E-state index contributed by atoms with van der Waals surface area (Å²) in [5, 5.41) is 8.90. The SMILES string of the molecule is Cc1cc(C=C2SC(=S)N(CC(=O)O)C2=O)c(C)n1-c1ccncc1. The van der Waals surface area contributed by atoms with Gasteiger partial charge < -0.3 is 9.67 Å². The first-order valence-electron chi connectivity index (χ1n) is 7.45. The van der Waals surface area contributed by atoms with Crippen molar-refractivity contribution in [2.24, 2.45) is 0 Å². The maximum atomic E-state index is 12.4. The Hall–Kier alpha value is -2.45. The third-order valence-corrected chi connectivity index (χ3v) is 5.22. The highest BCUT2D eigenvalue weighted by molar-refractivity contribution is 8.26. The lowest BCUT2D eigenvalue weighted by atomic mass is 10.2. The van der Waals surface area contributed by atoms with Crippen LogP contribution in [0.3, 0.4) is 0 Å². The highest BCUT2D eigenvalue weighted by atomic mass is 32.2. The number of aliphatic carboxylic acids is 1. The molecule has 1 saturated heterocycles. The normalized spacial score (nSPS) is 16.1. The van der Waals surface area contributed by atoms with E-state index in [2.05, 4.69) is 9.55 Å². The summed E-state index contributed by atoms with van der Waals surface area (Å²) < 4.78 is 2.34. The van der Waals surface area contributed by atoms with Crippen LogP contribution >= 0.6 is 24.0 Å². The van der Waals surface area contributed by atoms with E-state index in [4.69, 9.17) is 17.3 Å². The number of nitrogens with zero attached hydrogens (tertiary/aromatic N) is 3. The number of carbonyl (C=O) groups is 2. The van der Waals surface area contributed by atoms with Gasteiger partial charge in [0.05, 0.1) is 4.91 Å². The van der Waals surface area contributed by atoms with Gasteiger partial charge in [-0.05, 0) is 43.7 Å². The average molecular weight is 373 g/mol. The Labute approximate surface area is 154 Å². The van der Waals surface area contributed by atoms with Crippen molar-refractivity contribution in [3.8, 4) is 5.69 Å². The lowest BCUT2D eigenvalue weighted by molar-refractivity contribution is -0.140. The maximum absolute atomic E-state index is 12.4. The molecule has 0 radical (unpaired) electrons. The molecule has 0 aliphatic carbocycles. The Balaban J connectivity index is 1.97. The van der Waals surface area contributed by atoms with Crippen molar-refractivity contribution >= 4 is 46.3 Å². The molecular weight excluding hydrogens is 358 g/mol. The van der Waals surface area contributed by atoms with Crippen LogP contribution in [0.15, 0.2) is 35.5 Å². The van der Waals surface area contributed by atoms with Gasteiger partial charge in [0.25, 0.3) is 5.91 Å². The number of rotatable bonds is 4. The number of carbonyl (C=O) groups excluding carboxylic acids is 1. The second kappa shape index (κ2) is 6.81. The van der Waals surface area contributed by atoms with Crippen LogP contribution in [0.25, 0.3) is 11.8 Å². The van der Waals surface area contributed by atoms with Gasteiger partial charge >= 0.3 is 5.97 Å². The predicted molar refractivity (Wildman–Crippen MR) is 101 cm³/mol. The van der Waals surface area contributed by atoms with E-state index in [9.17, 15) is 9.59 Å². The zero-order valence-corrected chi connectivity index (χ0v) is 15.2. The minimum absolute atomic E-state index is 0.265. The second-order valence-electron chi connectivity index (χ2n) is 5.53. The molecule has 0 atom stereocenters. The summed E-state index contributed by atoms with van der Waals surface area (Å²) in [5.41, 5.74) is 3.89. The summed E-state index contributed by atoms with van der Waals surface area (Å²) in [6.07, 6.45) is 5.22. The first-order valence-corrected chi connectivity index (χ1v) is 8.67. The van der Waals surface area contributed by atoms with Crippen LogP contribution in [-0.4, -0.2) is 42.3 Å². The van der Waals surface area contributed by atoms with Crippen molar-refractivity contribution in [2.75, 3.05) is 6.54 Å². The fourth-order valence-electron chi connectivity index (χ4n) is 2.74. The van der Waals surface area contributed by atoms with E-state index in [0.717, 1.165) is 39.3 Å². The van der Waals surface area contributed by atoms with E-state index < -0.39 is 12.5 Å². The molecule has 0 unspecified atom stereocenters. The molecule has 1 amide bonds. The maximum Gasteiger partial charge on any atom is 0.323 e. The fourth-order valence-corrected chi connectivity index (χ4v) is 3.98. The number of amides is 1. The number of aryl methyl sites for hydroxylation is 1. The van der Waals surface area contributed by atoms with Gasteiger partial charge in [0.15, 0.2) is 0 Å². The molecule has 6 nitrogen and oxygen atoms in total. The smallest absolute Gasteiger partial charge is 0.323 e. The third kappa shape index (κ3) is 3.35. The summed E-state index contributed by atoms with van der Waals surface area (Å²) in [6, 6.07) is 5.81. The zero-order valence-electron chi connectivity index (χ0n) is 13.6. The average Bonchev–Trinajstić information content (AvgIpc) is 2.99. The number of aromatic nitrogens is 2. The highest BCUT2D eigenvalue weighted by Crippen LogP contribution is 2.33. The molecule has 2 aromatic rings. The molecule has 0 bridgehead atoms. The van der Waals surface area contributed by atoms with Gasteiger partial charge in [-0.25, -0.2) is 0 Å². The number of thiocarbonyl (C=S) groups is 1. The molecule has 25 heavy (non-hydrogen) atoms. The van der Waals surface area contributed by atoms with Crippen LogP contribution in [0.5, 0.6) is 0 Å². The summed E-state index contributed by atoms with van der Waals surface area (Å²) in [4.78, 5) is 28.8. The van der Waals surface area contributed by atoms with Gasteiger partial charge in [0, 0.05) is 29.5 Å². The Kier molecular flexibility index (Phi) is 4.73. The Morgan fingerprint density at radius 1 is 1.36 bits per heavy atom. The van der Waals surface area contributed by atoms with E-state index in [1.807, 2.05) is 32.0 Å². The van der Waals surface area contributed by atoms with Crippen LogP contribution in [0.1, 0.15) is 17.0 Å². The number of carboxylic acid groups (broad SMARTS) is 1. The summed E-state index contributed by atoms with van der Waals surface area (Å²) >= 11 is 6.25. The third-order valence-electron chi connectivity index (χ3n) is 3.84. The summed E-state index contributed by atoms with van der Waals surface area (Å²) in [7, 11) is 0. The molecule has 1 fully saturated rings. The summed E-state index contributed by atoms with van der Waals surface area (Å²) in [5.74, 6) is -1.46. The largest absolute Gasteiger partial charge is 0.480 e. The van der Waals surface area contributed by atoms with Gasteiger partial charge in [0.1, 0.15) is 10.9 Å². The van der Waals surface area contributed by atoms with Gasteiger partial charge in [0.2, 0.25) is 0 Å². The van der Waals surface area contributed by atoms with Crippen molar-refractivity contribution in [2.45, 2.75) is 13.8 Å². The molecular formula is C17H15N3O3S2. The molecule has 2 aromatic heterocycles. The molecule has 3 heterocycles. The van der Waals surface area contributed by atoms with Crippen LogP contribution < -0.4 is 0 Å². The molecule has 0 aromatic carbocycles. The summed E-state index contributed by atoms with van der Waals surface area (Å²) in [6.45, 7) is 3.54. The van der Waals surface area contributed by atoms with E-state index in [1.54, 1.807) is 18.5 Å². The predicted octanol–water partition coefficient (Wildman–Crippen LogP) is 2.77. The van der Waals surface area contributed by atoms with Crippen molar-refractivity contribution in [3.05, 3.63) is 52.4 Å². The Morgan fingerprint density at radius 3 is 2.68 bits per heavy atom. The van der Waals surface area contributed by atoms with E-state index in [-0.39, 0.29) is 10.2 Å². The first-order chi connectivity index (χ1) is 11.9. The number of pyridine rings is 1.